The van der Waals surface area contributed by atoms with E-state index in [0.29, 0.717) is 5.78 Å². The van der Waals surface area contributed by atoms with Crippen molar-refractivity contribution in [2.45, 2.75) is 12.8 Å². The Labute approximate surface area is 76.5 Å². The molecule has 0 aromatic rings. The molecule has 0 N–H and O–H groups in total. The Morgan fingerprint density at radius 1 is 1.38 bits per heavy atom. The van der Waals surface area contributed by atoms with E-state index in [1.807, 2.05) is 0 Å². The molecule has 1 rings (SSSR count). The van der Waals surface area contributed by atoms with Gasteiger partial charge in [0.25, 0.3) is 0 Å². The van der Waals surface area contributed by atoms with Crippen molar-refractivity contribution in [2.75, 3.05) is 27.2 Å². The van der Waals surface area contributed by atoms with Crippen LogP contribution in [0.25, 0.3) is 0 Å². The molecular formula is C7H14N2O4. The molecule has 13 heavy (non-hydrogen) atoms. The molecule has 0 aromatic carbocycles. The summed E-state index contributed by atoms with van der Waals surface area (Å²) in [7, 11) is 4.22. The van der Waals surface area contributed by atoms with Crippen molar-refractivity contribution in [3.8, 4) is 0 Å². The number of quaternary nitrogens is 1. The predicted molar refractivity (Wildman–Crippen MR) is 46.4 cm³/mol. The SMILES string of the molecule is C[N+]1(C)CCCC(=O)C1.O=[N+]([O-])[O-]. The number of hydrogen-bond acceptors (Lipinski definition) is 4. The lowest BCUT2D eigenvalue weighted by Crippen LogP contribution is -2.47. The van der Waals surface area contributed by atoms with E-state index in [2.05, 4.69) is 14.1 Å². The van der Waals surface area contributed by atoms with E-state index in [9.17, 15) is 4.79 Å². The predicted octanol–water partition coefficient (Wildman–Crippen LogP) is 0.187. The number of likely N-dealkylation sites (N-methyl/N-ethyl adjacent to an activating group) is 1. The molecule has 0 saturated carbocycles. The van der Waals surface area contributed by atoms with Gasteiger partial charge in [0, 0.05) is 12.8 Å². The summed E-state index contributed by atoms with van der Waals surface area (Å²) >= 11 is 0. The first-order chi connectivity index (χ1) is 5.83. The minimum atomic E-state index is -1.75. The fraction of sp³-hybridized carbons (Fsp3) is 0.857. The third kappa shape index (κ3) is 7.20. The first-order valence-corrected chi connectivity index (χ1v) is 3.99. The fourth-order valence-electron chi connectivity index (χ4n) is 1.34. The quantitative estimate of drug-likeness (QED) is 0.310. The Balaban J connectivity index is 0.000000310. The standard InChI is InChI=1S/C7H14NO.NO3/c1-8(2)5-3-4-7(9)6-8;2-1(3)4/h3-6H2,1-2H3;/q+1;-1. The average molecular weight is 190 g/mol. The largest absolute Gasteiger partial charge is 0.356 e. The van der Waals surface area contributed by atoms with Gasteiger partial charge in [-0.2, -0.15) is 0 Å². The van der Waals surface area contributed by atoms with E-state index in [-0.39, 0.29) is 0 Å². The second-order valence-electron chi connectivity index (χ2n) is 3.68. The van der Waals surface area contributed by atoms with Crippen LogP contribution in [0.15, 0.2) is 0 Å². The molecule has 6 nitrogen and oxygen atoms in total. The molecule has 76 valence electrons. The van der Waals surface area contributed by atoms with Crippen molar-refractivity contribution >= 4 is 5.78 Å². The molecule has 0 radical (unpaired) electrons. The molecule has 0 atom stereocenters. The van der Waals surface area contributed by atoms with E-state index in [4.69, 9.17) is 15.3 Å². The molecule has 0 amide bonds. The summed E-state index contributed by atoms with van der Waals surface area (Å²) in [6.45, 7) is 1.89. The van der Waals surface area contributed by atoms with E-state index in [1.165, 1.54) is 0 Å². The summed E-state index contributed by atoms with van der Waals surface area (Å²) in [6.07, 6.45) is 1.88. The number of carbonyl (C=O) groups excluding carboxylic acids is 1. The number of hydrogen-bond donors (Lipinski definition) is 0. The lowest BCUT2D eigenvalue weighted by molar-refractivity contribution is -0.885. The van der Waals surface area contributed by atoms with Crippen LogP contribution in [0.5, 0.6) is 0 Å². The molecule has 1 saturated heterocycles. The molecule has 1 fully saturated rings. The Bertz CT molecular complexity index is 199. The average Bonchev–Trinajstić information content (AvgIpc) is 1.81. The van der Waals surface area contributed by atoms with Gasteiger partial charge in [-0.05, 0) is 0 Å². The maximum absolute atomic E-state index is 10.9. The van der Waals surface area contributed by atoms with Crippen LogP contribution >= 0.6 is 0 Å². The summed E-state index contributed by atoms with van der Waals surface area (Å²) in [5.41, 5.74) is 0. The Morgan fingerprint density at radius 2 is 1.85 bits per heavy atom. The number of rotatable bonds is 0. The van der Waals surface area contributed by atoms with Crippen LogP contribution in [0.3, 0.4) is 0 Å². The summed E-state index contributed by atoms with van der Waals surface area (Å²) in [4.78, 5) is 19.1. The highest BCUT2D eigenvalue weighted by Gasteiger charge is 2.24. The van der Waals surface area contributed by atoms with Crippen molar-refractivity contribution in [3.05, 3.63) is 15.3 Å². The minimum Gasteiger partial charge on any atom is -0.356 e. The van der Waals surface area contributed by atoms with Crippen LogP contribution in [0.4, 0.5) is 0 Å². The summed E-state index contributed by atoms with van der Waals surface area (Å²) < 4.78 is 0.888. The number of carbonyl (C=O) groups is 1. The third-order valence-corrected chi connectivity index (χ3v) is 1.82. The van der Waals surface area contributed by atoms with Gasteiger partial charge in [0.05, 0.1) is 25.7 Å². The maximum atomic E-state index is 10.9. The van der Waals surface area contributed by atoms with Gasteiger partial charge >= 0.3 is 0 Å². The van der Waals surface area contributed by atoms with Gasteiger partial charge in [-0.3, -0.25) is 4.79 Å². The molecule has 0 unspecified atom stereocenters. The van der Waals surface area contributed by atoms with Gasteiger partial charge in [0.1, 0.15) is 6.54 Å². The smallest absolute Gasteiger partial charge is 0.187 e. The summed E-state index contributed by atoms with van der Waals surface area (Å²) in [5.74, 6) is 0.422. The van der Waals surface area contributed by atoms with Crippen molar-refractivity contribution in [3.63, 3.8) is 0 Å². The lowest BCUT2D eigenvalue weighted by Gasteiger charge is -2.32. The molecular weight excluding hydrogens is 176 g/mol. The van der Waals surface area contributed by atoms with Crippen molar-refractivity contribution in [1.29, 1.82) is 0 Å². The number of ketones is 1. The molecule has 1 aliphatic heterocycles. The van der Waals surface area contributed by atoms with Crippen molar-refractivity contribution in [2.24, 2.45) is 0 Å². The zero-order valence-electron chi connectivity index (χ0n) is 7.86. The van der Waals surface area contributed by atoms with Gasteiger partial charge in [0.2, 0.25) is 0 Å². The Morgan fingerprint density at radius 3 is 2.08 bits per heavy atom. The maximum Gasteiger partial charge on any atom is 0.187 e. The van der Waals surface area contributed by atoms with Gasteiger partial charge in [-0.25, -0.2) is 0 Å². The van der Waals surface area contributed by atoms with Crippen molar-refractivity contribution in [1.82, 2.24) is 0 Å². The van der Waals surface area contributed by atoms with Gasteiger partial charge in [0.15, 0.2) is 5.78 Å². The van der Waals surface area contributed by atoms with Gasteiger partial charge < -0.3 is 19.8 Å². The second-order valence-corrected chi connectivity index (χ2v) is 3.68. The number of nitrogens with zero attached hydrogens (tertiary/aromatic N) is 2. The zero-order valence-corrected chi connectivity index (χ0v) is 7.86. The number of piperidine rings is 1. The molecule has 6 heteroatoms. The van der Waals surface area contributed by atoms with E-state index >= 15 is 0 Å². The van der Waals surface area contributed by atoms with E-state index in [0.717, 1.165) is 30.4 Å². The minimum absolute atomic E-state index is 0.422. The van der Waals surface area contributed by atoms with Crippen LogP contribution in [-0.2, 0) is 4.79 Å². The molecule has 0 spiro atoms. The first-order valence-electron chi connectivity index (χ1n) is 3.99. The molecule has 1 heterocycles. The van der Waals surface area contributed by atoms with Gasteiger partial charge in [-0.15, -0.1) is 0 Å². The normalized spacial score (nSPS) is 20.0. The molecule has 0 bridgehead atoms. The monoisotopic (exact) mass is 190 g/mol. The highest BCUT2D eigenvalue weighted by molar-refractivity contribution is 5.79. The number of likely N-dealkylation sites (tertiary alicyclic amines) is 1. The van der Waals surface area contributed by atoms with Crippen LogP contribution < -0.4 is 0 Å². The van der Waals surface area contributed by atoms with Gasteiger partial charge in [-0.1, -0.05) is 0 Å². The van der Waals surface area contributed by atoms with Crippen LogP contribution in [0.1, 0.15) is 12.8 Å². The van der Waals surface area contributed by atoms with Crippen molar-refractivity contribution < 1.29 is 14.4 Å². The third-order valence-electron chi connectivity index (χ3n) is 1.82. The molecule has 1 aliphatic rings. The second kappa shape index (κ2) is 4.76. The highest BCUT2D eigenvalue weighted by atomic mass is 16.9. The Hall–Kier alpha value is -1.17. The van der Waals surface area contributed by atoms with Crippen LogP contribution in [-0.4, -0.2) is 42.5 Å². The highest BCUT2D eigenvalue weighted by Crippen LogP contribution is 2.09. The summed E-state index contributed by atoms with van der Waals surface area (Å²) in [6, 6.07) is 0. The first kappa shape index (κ1) is 11.8. The van der Waals surface area contributed by atoms with E-state index in [1.54, 1.807) is 0 Å². The summed E-state index contributed by atoms with van der Waals surface area (Å²) in [5, 5.41) is 14.8. The Kier molecular flexibility index (Phi) is 4.33. The zero-order chi connectivity index (χ0) is 10.5. The lowest BCUT2D eigenvalue weighted by atomic mass is 10.1. The fourth-order valence-corrected chi connectivity index (χ4v) is 1.34. The number of Topliss-reactive ketones (excluding diaryl/α,β-unsaturated/α-hetero) is 1. The molecule has 0 aromatic heterocycles. The van der Waals surface area contributed by atoms with E-state index < -0.39 is 5.09 Å². The molecule has 0 aliphatic carbocycles. The van der Waals surface area contributed by atoms with Crippen LogP contribution in [0, 0.1) is 15.3 Å². The van der Waals surface area contributed by atoms with Crippen LogP contribution in [0.2, 0.25) is 0 Å². The topological polar surface area (TPSA) is 83.3 Å².